The first kappa shape index (κ1) is 11.4. The molecule has 2 atom stereocenters. The van der Waals surface area contributed by atoms with Crippen molar-refractivity contribution >= 4 is 0 Å². The van der Waals surface area contributed by atoms with Crippen LogP contribution in [-0.2, 0) is 0 Å². The molecule has 2 saturated heterocycles. The Kier molecular flexibility index (Phi) is 4.04. The number of hydrogen-bond acceptors (Lipinski definition) is 2. The zero-order valence-corrected chi connectivity index (χ0v) is 10.3. The van der Waals surface area contributed by atoms with Crippen LogP contribution in [0.3, 0.4) is 0 Å². The predicted molar refractivity (Wildman–Crippen MR) is 65.1 cm³/mol. The fourth-order valence-electron chi connectivity index (χ4n) is 3.23. The summed E-state index contributed by atoms with van der Waals surface area (Å²) in [6, 6.07) is 1.69. The largest absolute Gasteiger partial charge is 0.315 e. The maximum absolute atomic E-state index is 3.62. The number of fused-ring (bicyclic) bond motifs is 1. The highest BCUT2D eigenvalue weighted by Gasteiger charge is 2.30. The van der Waals surface area contributed by atoms with Crippen LogP contribution in [0.2, 0.25) is 0 Å². The molecular formula is C13H26N2. The molecule has 0 bridgehead atoms. The minimum Gasteiger partial charge on any atom is -0.315 e. The van der Waals surface area contributed by atoms with Gasteiger partial charge in [0.2, 0.25) is 0 Å². The highest BCUT2D eigenvalue weighted by atomic mass is 15.2. The van der Waals surface area contributed by atoms with E-state index in [1.54, 1.807) is 0 Å². The molecule has 1 N–H and O–H groups in total. The van der Waals surface area contributed by atoms with Gasteiger partial charge in [-0.25, -0.2) is 0 Å². The average molecular weight is 210 g/mol. The molecule has 0 aromatic rings. The van der Waals surface area contributed by atoms with Crippen molar-refractivity contribution in [2.75, 3.05) is 19.6 Å². The molecule has 0 spiro atoms. The van der Waals surface area contributed by atoms with Crippen molar-refractivity contribution in [3.63, 3.8) is 0 Å². The van der Waals surface area contributed by atoms with Crippen molar-refractivity contribution in [1.29, 1.82) is 0 Å². The van der Waals surface area contributed by atoms with E-state index in [4.69, 9.17) is 0 Å². The number of rotatable bonds is 2. The zero-order valence-electron chi connectivity index (χ0n) is 10.3. The average Bonchev–Trinajstić information content (AvgIpc) is 2.41. The summed E-state index contributed by atoms with van der Waals surface area (Å²) in [5, 5.41) is 3.62. The molecule has 15 heavy (non-hydrogen) atoms. The Morgan fingerprint density at radius 2 is 2.13 bits per heavy atom. The van der Waals surface area contributed by atoms with E-state index in [0.717, 1.165) is 18.0 Å². The maximum atomic E-state index is 3.62. The summed E-state index contributed by atoms with van der Waals surface area (Å²) < 4.78 is 0. The van der Waals surface area contributed by atoms with Crippen molar-refractivity contribution < 1.29 is 0 Å². The molecule has 2 aliphatic heterocycles. The van der Waals surface area contributed by atoms with Gasteiger partial charge >= 0.3 is 0 Å². The number of nitrogens with zero attached hydrogens (tertiary/aromatic N) is 1. The lowest BCUT2D eigenvalue weighted by atomic mass is 9.95. The molecule has 0 amide bonds. The Hall–Kier alpha value is -0.0800. The minimum absolute atomic E-state index is 0.804. The van der Waals surface area contributed by atoms with Crippen LogP contribution in [0.15, 0.2) is 0 Å². The summed E-state index contributed by atoms with van der Waals surface area (Å²) in [5.41, 5.74) is 0. The lowest BCUT2D eigenvalue weighted by Crippen LogP contribution is -2.47. The molecule has 2 heterocycles. The summed E-state index contributed by atoms with van der Waals surface area (Å²) in [4.78, 5) is 2.81. The molecule has 2 fully saturated rings. The molecule has 0 radical (unpaired) electrons. The topological polar surface area (TPSA) is 15.3 Å². The van der Waals surface area contributed by atoms with Gasteiger partial charge in [-0.2, -0.15) is 0 Å². The molecule has 0 saturated carbocycles. The molecule has 0 aromatic heterocycles. The third-order valence-corrected chi connectivity index (χ3v) is 3.92. The Morgan fingerprint density at radius 3 is 2.93 bits per heavy atom. The molecule has 2 unspecified atom stereocenters. The van der Waals surface area contributed by atoms with Crippen molar-refractivity contribution in [1.82, 2.24) is 10.2 Å². The van der Waals surface area contributed by atoms with Gasteiger partial charge in [0, 0.05) is 18.6 Å². The van der Waals surface area contributed by atoms with Gasteiger partial charge in [-0.05, 0) is 44.7 Å². The van der Waals surface area contributed by atoms with Crippen LogP contribution in [0.4, 0.5) is 0 Å². The Labute approximate surface area is 94.4 Å². The van der Waals surface area contributed by atoms with E-state index in [-0.39, 0.29) is 0 Å². The zero-order chi connectivity index (χ0) is 10.7. The lowest BCUT2D eigenvalue weighted by Gasteiger charge is -2.40. The molecular weight excluding hydrogens is 184 g/mol. The van der Waals surface area contributed by atoms with E-state index < -0.39 is 0 Å². The minimum atomic E-state index is 0.804. The highest BCUT2D eigenvalue weighted by Crippen LogP contribution is 2.25. The van der Waals surface area contributed by atoms with Crippen molar-refractivity contribution in [3.8, 4) is 0 Å². The maximum Gasteiger partial charge on any atom is 0.0226 e. The molecule has 2 rings (SSSR count). The number of nitrogens with one attached hydrogen (secondary N) is 1. The van der Waals surface area contributed by atoms with E-state index in [2.05, 4.69) is 24.1 Å². The first-order chi connectivity index (χ1) is 7.27. The van der Waals surface area contributed by atoms with E-state index in [0.29, 0.717) is 0 Å². The first-order valence-corrected chi connectivity index (χ1v) is 6.74. The monoisotopic (exact) mass is 210 g/mol. The Morgan fingerprint density at radius 1 is 1.27 bits per heavy atom. The number of piperidine rings is 1. The van der Waals surface area contributed by atoms with E-state index in [1.165, 1.54) is 51.7 Å². The van der Waals surface area contributed by atoms with Crippen LogP contribution < -0.4 is 5.32 Å². The summed E-state index contributed by atoms with van der Waals surface area (Å²) in [6.07, 6.45) is 7.05. The molecule has 2 nitrogen and oxygen atoms in total. The Balaban J connectivity index is 1.99. The second-order valence-electron chi connectivity index (χ2n) is 5.66. The van der Waals surface area contributed by atoms with Gasteiger partial charge in [-0.1, -0.05) is 20.3 Å². The predicted octanol–water partition coefficient (Wildman–Crippen LogP) is 2.25. The smallest absolute Gasteiger partial charge is 0.0226 e. The summed E-state index contributed by atoms with van der Waals surface area (Å²) >= 11 is 0. The van der Waals surface area contributed by atoms with Gasteiger partial charge in [0.25, 0.3) is 0 Å². The Bertz CT molecular complexity index is 191. The third-order valence-electron chi connectivity index (χ3n) is 3.92. The first-order valence-electron chi connectivity index (χ1n) is 6.74. The third kappa shape index (κ3) is 2.94. The van der Waals surface area contributed by atoms with Gasteiger partial charge in [-0.15, -0.1) is 0 Å². The second-order valence-corrected chi connectivity index (χ2v) is 5.66. The normalized spacial score (nSPS) is 33.8. The molecule has 2 aliphatic rings. The molecule has 88 valence electrons. The second kappa shape index (κ2) is 5.31. The fraction of sp³-hybridized carbons (Fsp3) is 1.00. The summed E-state index contributed by atoms with van der Waals surface area (Å²) in [6.45, 7) is 8.50. The van der Waals surface area contributed by atoms with Crippen molar-refractivity contribution in [3.05, 3.63) is 0 Å². The van der Waals surface area contributed by atoms with Gasteiger partial charge in [0.05, 0.1) is 0 Å². The van der Waals surface area contributed by atoms with Gasteiger partial charge in [-0.3, -0.25) is 4.90 Å². The van der Waals surface area contributed by atoms with E-state index in [9.17, 15) is 0 Å². The van der Waals surface area contributed by atoms with E-state index >= 15 is 0 Å². The number of hydrogen-bond donors (Lipinski definition) is 1. The molecule has 2 heteroatoms. The van der Waals surface area contributed by atoms with Crippen LogP contribution >= 0.6 is 0 Å². The quantitative estimate of drug-likeness (QED) is 0.752. The standard InChI is InChI=1S/C13H26N2/c1-11(2)9-13-10-14-7-6-12-5-3-4-8-15(12)13/h11-14H,3-10H2,1-2H3. The van der Waals surface area contributed by atoms with Crippen LogP contribution in [0.5, 0.6) is 0 Å². The van der Waals surface area contributed by atoms with Gasteiger partial charge in [0.15, 0.2) is 0 Å². The van der Waals surface area contributed by atoms with Crippen molar-refractivity contribution in [2.24, 2.45) is 5.92 Å². The molecule has 0 aromatic carbocycles. The van der Waals surface area contributed by atoms with Crippen molar-refractivity contribution in [2.45, 2.75) is 58.0 Å². The fourth-order valence-corrected chi connectivity index (χ4v) is 3.23. The van der Waals surface area contributed by atoms with E-state index in [1.807, 2.05) is 0 Å². The summed E-state index contributed by atoms with van der Waals surface area (Å²) in [5.74, 6) is 0.831. The van der Waals surface area contributed by atoms with Crippen LogP contribution in [0.1, 0.15) is 46.0 Å². The SMILES string of the molecule is CC(C)CC1CNCCC2CCCCN21. The molecule has 0 aliphatic carbocycles. The van der Waals surface area contributed by atoms with Crippen LogP contribution in [0, 0.1) is 5.92 Å². The van der Waals surface area contributed by atoms with Gasteiger partial charge in [0.1, 0.15) is 0 Å². The summed E-state index contributed by atoms with van der Waals surface area (Å²) in [7, 11) is 0. The highest BCUT2D eigenvalue weighted by molar-refractivity contribution is 4.87. The van der Waals surface area contributed by atoms with Crippen LogP contribution in [-0.4, -0.2) is 36.6 Å². The van der Waals surface area contributed by atoms with Gasteiger partial charge < -0.3 is 5.32 Å². The lowest BCUT2D eigenvalue weighted by molar-refractivity contribution is 0.0921. The van der Waals surface area contributed by atoms with Crippen LogP contribution in [0.25, 0.3) is 0 Å².